The first kappa shape index (κ1) is 20.7. The molecule has 1 heterocycles. The van der Waals surface area contributed by atoms with Crippen molar-refractivity contribution in [3.63, 3.8) is 0 Å². The number of carbonyl (C=O) groups is 2. The monoisotopic (exact) mass is 379 g/mol. The molecule has 7 heteroatoms. The molecule has 2 amide bonds. The van der Waals surface area contributed by atoms with Gasteiger partial charge < -0.3 is 21.1 Å². The first-order valence-electron chi connectivity index (χ1n) is 8.97. The average molecular weight is 380 g/mol. The van der Waals surface area contributed by atoms with E-state index in [-0.39, 0.29) is 5.91 Å². The molecule has 4 N–H and O–H groups in total. The normalized spacial score (nSPS) is 21.3. The third-order valence-corrected chi connectivity index (χ3v) is 5.97. The fourth-order valence-corrected chi connectivity index (χ4v) is 4.25. The third kappa shape index (κ3) is 4.78. The van der Waals surface area contributed by atoms with Crippen LogP contribution in [0.4, 0.5) is 0 Å². The molecule has 1 aliphatic heterocycles. The Hall–Kier alpha value is -1.57. The molecule has 6 nitrogen and oxygen atoms in total. The number of rotatable bonds is 7. The van der Waals surface area contributed by atoms with Crippen LogP contribution in [0.5, 0.6) is 0 Å². The predicted octanol–water partition coefficient (Wildman–Crippen LogP) is 1.12. The van der Waals surface area contributed by atoms with Gasteiger partial charge in [0.05, 0.1) is 5.88 Å². The number of aliphatic hydroxyl groups excluding tert-OH is 1. The highest BCUT2D eigenvalue weighted by Crippen LogP contribution is 2.39. The Morgan fingerprint density at radius 3 is 2.65 bits per heavy atom. The van der Waals surface area contributed by atoms with Crippen LogP contribution in [0.15, 0.2) is 30.3 Å². The minimum atomic E-state index is -1.34. The van der Waals surface area contributed by atoms with Gasteiger partial charge in [0.2, 0.25) is 5.91 Å². The van der Waals surface area contributed by atoms with Crippen LogP contribution in [0, 0.1) is 0 Å². The largest absolute Gasteiger partial charge is 0.382 e. The number of nitrogens with one attached hydrogen (secondary N) is 1. The van der Waals surface area contributed by atoms with Crippen molar-refractivity contribution in [3.05, 3.63) is 35.9 Å². The van der Waals surface area contributed by atoms with Crippen molar-refractivity contribution in [3.8, 4) is 0 Å². The van der Waals surface area contributed by atoms with Gasteiger partial charge in [-0.1, -0.05) is 37.3 Å². The summed E-state index contributed by atoms with van der Waals surface area (Å²) in [7, 11) is 0. The molecule has 1 saturated heterocycles. The number of thioether (sulfide) groups is 1. The molecule has 1 aliphatic rings. The van der Waals surface area contributed by atoms with Crippen LogP contribution in [0.25, 0.3) is 0 Å². The van der Waals surface area contributed by atoms with Crippen molar-refractivity contribution >= 4 is 23.6 Å². The van der Waals surface area contributed by atoms with E-state index in [2.05, 4.69) is 5.32 Å². The highest BCUT2D eigenvalue weighted by molar-refractivity contribution is 8.00. The Kier molecular flexibility index (Phi) is 7.08. The predicted molar refractivity (Wildman–Crippen MR) is 105 cm³/mol. The Bertz CT molecular complexity index is 624. The molecular weight excluding hydrogens is 350 g/mol. The quantitative estimate of drug-likeness (QED) is 0.660. The number of aliphatic hydroxyl groups is 1. The lowest BCUT2D eigenvalue weighted by atomic mass is 9.97. The van der Waals surface area contributed by atoms with Crippen LogP contribution in [0.1, 0.15) is 32.8 Å². The second-order valence-electron chi connectivity index (χ2n) is 7.18. The first-order chi connectivity index (χ1) is 12.3. The number of nitrogens with two attached hydrogens (primary N) is 1. The minimum Gasteiger partial charge on any atom is -0.382 e. The lowest BCUT2D eigenvalue weighted by molar-refractivity contribution is -0.146. The summed E-state index contributed by atoms with van der Waals surface area (Å²) in [4.78, 5) is 26.9. The molecule has 0 bridgehead atoms. The van der Waals surface area contributed by atoms with E-state index in [0.29, 0.717) is 18.8 Å². The average Bonchev–Trinajstić information content (AvgIpc) is 2.94. The third-order valence-electron chi connectivity index (χ3n) is 4.60. The van der Waals surface area contributed by atoms with E-state index in [1.807, 2.05) is 51.1 Å². The maximum atomic E-state index is 12.9. The zero-order valence-corrected chi connectivity index (χ0v) is 16.5. The zero-order chi connectivity index (χ0) is 19.3. The molecule has 0 aromatic heterocycles. The zero-order valence-electron chi connectivity index (χ0n) is 15.6. The van der Waals surface area contributed by atoms with Crippen molar-refractivity contribution in [2.75, 3.05) is 12.4 Å². The van der Waals surface area contributed by atoms with Gasteiger partial charge in [-0.25, -0.2) is 0 Å². The van der Waals surface area contributed by atoms with Gasteiger partial charge in [0.25, 0.3) is 5.91 Å². The highest BCUT2D eigenvalue weighted by atomic mass is 32.2. The Morgan fingerprint density at radius 2 is 2.04 bits per heavy atom. The van der Waals surface area contributed by atoms with Crippen LogP contribution < -0.4 is 11.1 Å². The van der Waals surface area contributed by atoms with E-state index < -0.39 is 28.8 Å². The number of hydrogen-bond acceptors (Lipinski definition) is 5. The van der Waals surface area contributed by atoms with E-state index in [9.17, 15) is 14.7 Å². The number of nitrogens with zero attached hydrogens (tertiary/aromatic N) is 1. The van der Waals surface area contributed by atoms with Gasteiger partial charge in [-0.2, -0.15) is 0 Å². The van der Waals surface area contributed by atoms with Crippen LogP contribution in [-0.2, 0) is 16.0 Å². The highest BCUT2D eigenvalue weighted by Gasteiger charge is 2.49. The molecular formula is C19H29N3O3S. The van der Waals surface area contributed by atoms with Crippen LogP contribution in [0.3, 0.4) is 0 Å². The Labute approximate surface area is 159 Å². The van der Waals surface area contributed by atoms with Crippen molar-refractivity contribution in [2.45, 2.75) is 56.5 Å². The number of carbonyl (C=O) groups excluding carboxylic acids is 2. The standard InChI is InChI=1S/C19H29N3O3S/c1-4-10-21-17(24)16-19(2,3)26-12-22(16)18(25)15(23)14(20)11-13-8-6-5-7-9-13/h5-9,14-16,23H,4,10-12,20H2,1-3H3,(H,21,24). The number of amides is 2. The number of benzene rings is 1. The van der Waals surface area contributed by atoms with Crippen LogP contribution in [0.2, 0.25) is 0 Å². The molecule has 1 aromatic carbocycles. The van der Waals surface area contributed by atoms with Gasteiger partial charge >= 0.3 is 0 Å². The molecule has 0 aliphatic carbocycles. The second kappa shape index (κ2) is 8.88. The van der Waals surface area contributed by atoms with Crippen molar-refractivity contribution in [2.24, 2.45) is 5.73 Å². The number of hydrogen-bond donors (Lipinski definition) is 3. The SMILES string of the molecule is CCCNC(=O)C1N(C(=O)C(O)C(N)Cc2ccccc2)CSC1(C)C. The maximum Gasteiger partial charge on any atom is 0.254 e. The molecule has 0 saturated carbocycles. The fourth-order valence-electron chi connectivity index (χ4n) is 3.11. The summed E-state index contributed by atoms with van der Waals surface area (Å²) < 4.78 is -0.420. The van der Waals surface area contributed by atoms with Gasteiger partial charge in [-0.05, 0) is 32.3 Å². The smallest absolute Gasteiger partial charge is 0.254 e. The van der Waals surface area contributed by atoms with Crippen molar-refractivity contribution in [1.82, 2.24) is 10.2 Å². The van der Waals surface area contributed by atoms with E-state index in [4.69, 9.17) is 5.73 Å². The van der Waals surface area contributed by atoms with Gasteiger partial charge in [0.1, 0.15) is 12.1 Å². The van der Waals surface area contributed by atoms with Crippen LogP contribution in [-0.4, -0.2) is 57.2 Å². The lowest BCUT2D eigenvalue weighted by Gasteiger charge is -2.32. The fraction of sp³-hybridized carbons (Fsp3) is 0.579. The Balaban J connectivity index is 2.09. The summed E-state index contributed by atoms with van der Waals surface area (Å²) in [6.45, 7) is 6.42. The summed E-state index contributed by atoms with van der Waals surface area (Å²) in [5.74, 6) is -0.298. The van der Waals surface area contributed by atoms with E-state index in [1.165, 1.54) is 16.7 Å². The molecule has 144 valence electrons. The van der Waals surface area contributed by atoms with Crippen molar-refractivity contribution in [1.29, 1.82) is 0 Å². The molecule has 1 fully saturated rings. The second-order valence-corrected chi connectivity index (χ2v) is 8.78. The van der Waals surface area contributed by atoms with E-state index in [0.717, 1.165) is 12.0 Å². The lowest BCUT2D eigenvalue weighted by Crippen LogP contribution is -2.57. The van der Waals surface area contributed by atoms with Gasteiger partial charge in [0.15, 0.2) is 0 Å². The molecule has 0 radical (unpaired) electrons. The molecule has 0 spiro atoms. The molecule has 3 atom stereocenters. The molecule has 26 heavy (non-hydrogen) atoms. The summed E-state index contributed by atoms with van der Waals surface area (Å²) >= 11 is 1.53. The van der Waals surface area contributed by atoms with Gasteiger partial charge in [0, 0.05) is 17.3 Å². The van der Waals surface area contributed by atoms with E-state index >= 15 is 0 Å². The first-order valence-corrected chi connectivity index (χ1v) is 9.96. The van der Waals surface area contributed by atoms with Gasteiger partial charge in [-0.15, -0.1) is 11.8 Å². The minimum absolute atomic E-state index is 0.181. The summed E-state index contributed by atoms with van der Waals surface area (Å²) in [6.07, 6.45) is -0.124. The van der Waals surface area contributed by atoms with Crippen LogP contribution >= 0.6 is 11.8 Å². The maximum absolute atomic E-state index is 12.9. The summed E-state index contributed by atoms with van der Waals surface area (Å²) in [5.41, 5.74) is 7.04. The molecule has 3 unspecified atom stereocenters. The molecule has 1 aromatic rings. The Morgan fingerprint density at radius 1 is 1.38 bits per heavy atom. The molecule has 2 rings (SSSR count). The topological polar surface area (TPSA) is 95.7 Å². The summed E-state index contributed by atoms with van der Waals surface area (Å²) in [6, 6.07) is 8.16. The summed E-state index contributed by atoms with van der Waals surface area (Å²) in [5, 5.41) is 13.4. The van der Waals surface area contributed by atoms with E-state index in [1.54, 1.807) is 0 Å². The van der Waals surface area contributed by atoms with Crippen molar-refractivity contribution < 1.29 is 14.7 Å². The van der Waals surface area contributed by atoms with Gasteiger partial charge in [-0.3, -0.25) is 9.59 Å².